The Bertz CT molecular complexity index is 883. The highest BCUT2D eigenvalue weighted by atomic mass is 79.9. The first-order valence-electron chi connectivity index (χ1n) is 7.16. The molecule has 24 heavy (non-hydrogen) atoms. The Morgan fingerprint density at radius 1 is 0.875 bits per heavy atom. The van der Waals surface area contributed by atoms with E-state index in [1.54, 1.807) is 18.3 Å². The summed E-state index contributed by atoms with van der Waals surface area (Å²) in [7, 11) is 0. The predicted molar refractivity (Wildman–Crippen MR) is 104 cm³/mol. The Kier molecular flexibility index (Phi) is 5.27. The molecule has 0 unspecified atom stereocenters. The average Bonchev–Trinajstić information content (AvgIpc) is 2.55. The summed E-state index contributed by atoms with van der Waals surface area (Å²) in [6.07, 6.45) is 1.65. The van der Waals surface area contributed by atoms with Crippen LogP contribution in [0.3, 0.4) is 0 Å². The molecule has 120 valence electrons. The molecule has 2 N–H and O–H groups in total. The number of anilines is 3. The monoisotopic (exact) mass is 445 g/mol. The van der Waals surface area contributed by atoms with E-state index in [2.05, 4.69) is 47.5 Å². The molecule has 4 nitrogen and oxygen atoms in total. The molecule has 0 saturated heterocycles. The fraction of sp³-hybridized carbons (Fsp3) is 0. The molecule has 3 aromatic rings. The van der Waals surface area contributed by atoms with Crippen molar-refractivity contribution in [1.29, 1.82) is 0 Å². The van der Waals surface area contributed by atoms with Gasteiger partial charge in [0.2, 0.25) is 0 Å². The van der Waals surface area contributed by atoms with Crippen LogP contribution in [-0.2, 0) is 0 Å². The minimum atomic E-state index is -0.223. The third-order valence-corrected chi connectivity index (χ3v) is 4.21. The van der Waals surface area contributed by atoms with E-state index in [-0.39, 0.29) is 5.91 Å². The number of aromatic nitrogens is 1. The quantitative estimate of drug-likeness (QED) is 0.548. The van der Waals surface area contributed by atoms with Crippen LogP contribution in [0.5, 0.6) is 0 Å². The van der Waals surface area contributed by atoms with E-state index in [1.807, 2.05) is 48.5 Å². The minimum absolute atomic E-state index is 0.223. The number of nitrogens with zero attached hydrogens (tertiary/aromatic N) is 1. The number of halogens is 2. The van der Waals surface area contributed by atoms with Crippen molar-refractivity contribution >= 4 is 55.0 Å². The summed E-state index contributed by atoms with van der Waals surface area (Å²) >= 11 is 6.82. The van der Waals surface area contributed by atoms with Crippen molar-refractivity contribution < 1.29 is 4.79 Å². The zero-order valence-corrected chi connectivity index (χ0v) is 15.6. The lowest BCUT2D eigenvalue weighted by molar-refractivity contribution is 0.102. The number of rotatable bonds is 4. The summed E-state index contributed by atoms with van der Waals surface area (Å²) in [5.74, 6) is 0.279. The van der Waals surface area contributed by atoms with E-state index in [1.165, 1.54) is 0 Å². The number of carbonyl (C=O) groups is 1. The standard InChI is InChI=1S/C18H13Br2N3O/c19-12-4-1-6-14(10-12)22-17-16(8-3-9-21-17)18(24)23-15-7-2-5-13(20)11-15/h1-11H,(H,21,22)(H,23,24). The van der Waals surface area contributed by atoms with Crippen LogP contribution in [0.25, 0.3) is 0 Å². The van der Waals surface area contributed by atoms with Gasteiger partial charge >= 0.3 is 0 Å². The highest BCUT2D eigenvalue weighted by Gasteiger charge is 2.13. The van der Waals surface area contributed by atoms with E-state index in [4.69, 9.17) is 0 Å². The third kappa shape index (κ3) is 4.21. The molecule has 6 heteroatoms. The van der Waals surface area contributed by atoms with Crippen molar-refractivity contribution in [1.82, 2.24) is 4.98 Å². The first-order valence-corrected chi connectivity index (χ1v) is 8.75. The van der Waals surface area contributed by atoms with Gasteiger partial charge in [0.1, 0.15) is 5.82 Å². The van der Waals surface area contributed by atoms with Crippen LogP contribution in [-0.4, -0.2) is 10.9 Å². The van der Waals surface area contributed by atoms with Crippen LogP contribution in [0, 0.1) is 0 Å². The molecule has 1 aromatic heterocycles. The van der Waals surface area contributed by atoms with Gasteiger partial charge in [-0.1, -0.05) is 44.0 Å². The summed E-state index contributed by atoms with van der Waals surface area (Å²) in [6, 6.07) is 18.6. The molecule has 0 saturated carbocycles. The second kappa shape index (κ2) is 7.59. The molecule has 1 amide bonds. The maximum Gasteiger partial charge on any atom is 0.259 e. The van der Waals surface area contributed by atoms with Crippen molar-refractivity contribution in [2.75, 3.05) is 10.6 Å². The smallest absolute Gasteiger partial charge is 0.259 e. The molecule has 0 atom stereocenters. The Labute approximate surface area is 156 Å². The molecule has 0 fully saturated rings. The highest BCUT2D eigenvalue weighted by Crippen LogP contribution is 2.23. The lowest BCUT2D eigenvalue weighted by atomic mass is 10.2. The average molecular weight is 447 g/mol. The summed E-state index contributed by atoms with van der Waals surface area (Å²) in [5, 5.41) is 6.06. The van der Waals surface area contributed by atoms with Gasteiger partial charge in [-0.15, -0.1) is 0 Å². The SMILES string of the molecule is O=C(Nc1cccc(Br)c1)c1cccnc1Nc1cccc(Br)c1. The van der Waals surface area contributed by atoms with Gasteiger partial charge in [0.25, 0.3) is 5.91 Å². The second-order valence-corrected chi connectivity index (χ2v) is 6.83. The number of carbonyl (C=O) groups excluding carboxylic acids is 1. The molecule has 0 aliphatic rings. The largest absolute Gasteiger partial charge is 0.340 e. The maximum absolute atomic E-state index is 12.6. The van der Waals surface area contributed by atoms with E-state index in [0.717, 1.165) is 14.6 Å². The molecule has 1 heterocycles. The van der Waals surface area contributed by atoms with Gasteiger partial charge in [0.15, 0.2) is 0 Å². The molecule has 0 bridgehead atoms. The Morgan fingerprint density at radius 3 is 2.25 bits per heavy atom. The van der Waals surface area contributed by atoms with Crippen LogP contribution in [0.15, 0.2) is 75.8 Å². The van der Waals surface area contributed by atoms with Gasteiger partial charge in [-0.25, -0.2) is 4.98 Å². The summed E-state index contributed by atoms with van der Waals surface area (Å²) in [6.45, 7) is 0. The zero-order chi connectivity index (χ0) is 16.9. The second-order valence-electron chi connectivity index (χ2n) is 5.00. The Balaban J connectivity index is 1.84. The fourth-order valence-corrected chi connectivity index (χ4v) is 2.95. The number of nitrogens with one attached hydrogen (secondary N) is 2. The van der Waals surface area contributed by atoms with Gasteiger partial charge in [0.05, 0.1) is 5.56 Å². The first-order chi connectivity index (χ1) is 11.6. The van der Waals surface area contributed by atoms with E-state index in [0.29, 0.717) is 17.1 Å². The van der Waals surface area contributed by atoms with Gasteiger partial charge in [-0.2, -0.15) is 0 Å². The molecular weight excluding hydrogens is 434 g/mol. The molecular formula is C18H13Br2N3O. The third-order valence-electron chi connectivity index (χ3n) is 3.22. The molecule has 3 rings (SSSR count). The van der Waals surface area contributed by atoms with E-state index in [9.17, 15) is 4.79 Å². The van der Waals surface area contributed by atoms with Crippen LogP contribution < -0.4 is 10.6 Å². The van der Waals surface area contributed by atoms with Crippen molar-refractivity contribution in [3.05, 3.63) is 81.4 Å². The summed E-state index contributed by atoms with van der Waals surface area (Å²) < 4.78 is 1.85. The van der Waals surface area contributed by atoms with E-state index >= 15 is 0 Å². The van der Waals surface area contributed by atoms with Gasteiger partial charge in [-0.05, 0) is 48.5 Å². The number of amides is 1. The van der Waals surface area contributed by atoms with Crippen LogP contribution in [0.1, 0.15) is 10.4 Å². The maximum atomic E-state index is 12.6. The molecule has 0 aliphatic heterocycles. The summed E-state index contributed by atoms with van der Waals surface area (Å²) in [5.41, 5.74) is 2.03. The fourth-order valence-electron chi connectivity index (χ4n) is 2.16. The van der Waals surface area contributed by atoms with Crippen LogP contribution in [0.4, 0.5) is 17.2 Å². The van der Waals surface area contributed by atoms with Crippen molar-refractivity contribution in [2.45, 2.75) is 0 Å². The van der Waals surface area contributed by atoms with Crippen molar-refractivity contribution in [3.8, 4) is 0 Å². The van der Waals surface area contributed by atoms with Crippen LogP contribution >= 0.6 is 31.9 Å². The molecule has 0 aliphatic carbocycles. The lowest BCUT2D eigenvalue weighted by Crippen LogP contribution is -2.14. The minimum Gasteiger partial charge on any atom is -0.340 e. The zero-order valence-electron chi connectivity index (χ0n) is 12.5. The normalized spacial score (nSPS) is 10.2. The molecule has 0 spiro atoms. The predicted octanol–water partition coefficient (Wildman–Crippen LogP) is 5.60. The number of hydrogen-bond acceptors (Lipinski definition) is 3. The van der Waals surface area contributed by atoms with Crippen LogP contribution in [0.2, 0.25) is 0 Å². The Morgan fingerprint density at radius 2 is 1.54 bits per heavy atom. The Hall–Kier alpha value is -2.18. The molecule has 0 radical (unpaired) electrons. The first kappa shape index (κ1) is 16.7. The number of pyridine rings is 1. The van der Waals surface area contributed by atoms with Gasteiger partial charge in [0, 0.05) is 26.5 Å². The number of benzene rings is 2. The lowest BCUT2D eigenvalue weighted by Gasteiger charge is -2.11. The van der Waals surface area contributed by atoms with Crippen molar-refractivity contribution in [3.63, 3.8) is 0 Å². The van der Waals surface area contributed by atoms with Crippen molar-refractivity contribution in [2.24, 2.45) is 0 Å². The molecule has 2 aromatic carbocycles. The topological polar surface area (TPSA) is 54.0 Å². The van der Waals surface area contributed by atoms with Gasteiger partial charge < -0.3 is 10.6 Å². The number of hydrogen-bond donors (Lipinski definition) is 2. The van der Waals surface area contributed by atoms with E-state index < -0.39 is 0 Å². The highest BCUT2D eigenvalue weighted by molar-refractivity contribution is 9.10. The van der Waals surface area contributed by atoms with Gasteiger partial charge in [-0.3, -0.25) is 4.79 Å². The summed E-state index contributed by atoms with van der Waals surface area (Å²) in [4.78, 5) is 16.9.